The van der Waals surface area contributed by atoms with Crippen molar-refractivity contribution in [2.75, 3.05) is 0 Å². The van der Waals surface area contributed by atoms with Crippen LogP contribution in [0.5, 0.6) is 0 Å². The van der Waals surface area contributed by atoms with Crippen molar-refractivity contribution in [2.24, 2.45) is 5.92 Å². The average Bonchev–Trinajstić information content (AvgIpc) is 2.26. The number of hydrogen-bond acceptors (Lipinski definition) is 5. The van der Waals surface area contributed by atoms with Crippen molar-refractivity contribution in [3.63, 3.8) is 0 Å². The van der Waals surface area contributed by atoms with Crippen LogP contribution in [0.2, 0.25) is 6.82 Å². The van der Waals surface area contributed by atoms with Gasteiger partial charge in [-0.1, -0.05) is 6.58 Å². The van der Waals surface area contributed by atoms with E-state index in [1.54, 1.807) is 6.82 Å². The Morgan fingerprint density at radius 1 is 1.35 bits per heavy atom. The van der Waals surface area contributed by atoms with Crippen LogP contribution < -0.4 is 5.23 Å². The number of alkyl halides is 3. The van der Waals surface area contributed by atoms with Gasteiger partial charge in [0.2, 0.25) is 0 Å². The molecule has 0 saturated heterocycles. The van der Waals surface area contributed by atoms with Gasteiger partial charge in [-0.2, -0.15) is 21.6 Å². The lowest BCUT2D eigenvalue weighted by atomic mass is 9.80. The van der Waals surface area contributed by atoms with Crippen molar-refractivity contribution in [1.29, 1.82) is 0 Å². The highest BCUT2D eigenvalue weighted by Gasteiger charge is 2.49. The molecule has 0 amide bonds. The Morgan fingerprint density at radius 2 is 1.85 bits per heavy atom. The standard InChI is InChI=1S/C10H17BF3NO4S/c1-7(19-20(17,18)10(12,13)14)8-3-5-9(6-4-8)15-11(2)16/h8-9,15-16H,1,3-6H2,2H3. The summed E-state index contributed by atoms with van der Waals surface area (Å²) in [4.78, 5) is 0. The molecule has 1 rings (SSSR count). The van der Waals surface area contributed by atoms with Gasteiger partial charge >= 0.3 is 22.7 Å². The number of hydrogen-bond donors (Lipinski definition) is 2. The summed E-state index contributed by atoms with van der Waals surface area (Å²) >= 11 is 0. The molecule has 0 heterocycles. The molecule has 116 valence electrons. The van der Waals surface area contributed by atoms with Gasteiger partial charge in [0.25, 0.3) is 0 Å². The van der Waals surface area contributed by atoms with Gasteiger partial charge in [0, 0.05) is 5.92 Å². The molecule has 0 atom stereocenters. The highest BCUT2D eigenvalue weighted by molar-refractivity contribution is 7.87. The molecule has 0 aromatic rings. The molecule has 20 heavy (non-hydrogen) atoms. The van der Waals surface area contributed by atoms with Crippen molar-refractivity contribution in [1.82, 2.24) is 5.23 Å². The first-order valence-corrected chi connectivity index (χ1v) is 7.57. The summed E-state index contributed by atoms with van der Waals surface area (Å²) in [6.45, 7) is 4.87. The van der Waals surface area contributed by atoms with Gasteiger partial charge in [-0.3, -0.25) is 0 Å². The molecule has 0 aromatic carbocycles. The van der Waals surface area contributed by atoms with E-state index >= 15 is 0 Å². The van der Waals surface area contributed by atoms with Gasteiger partial charge in [0.1, 0.15) is 5.76 Å². The van der Waals surface area contributed by atoms with E-state index in [1.807, 2.05) is 0 Å². The van der Waals surface area contributed by atoms with Crippen LogP contribution >= 0.6 is 0 Å². The van der Waals surface area contributed by atoms with E-state index in [1.165, 1.54) is 0 Å². The van der Waals surface area contributed by atoms with Crippen LogP contribution in [0.1, 0.15) is 25.7 Å². The first-order chi connectivity index (χ1) is 9.03. The molecule has 10 heteroatoms. The molecule has 0 aromatic heterocycles. The third-order valence-corrected chi connectivity index (χ3v) is 4.16. The summed E-state index contributed by atoms with van der Waals surface area (Å²) < 4.78 is 62.3. The number of halogens is 3. The zero-order chi connectivity index (χ0) is 15.6. The Morgan fingerprint density at radius 3 is 2.25 bits per heavy atom. The van der Waals surface area contributed by atoms with Gasteiger partial charge in [-0.15, -0.1) is 0 Å². The van der Waals surface area contributed by atoms with E-state index in [4.69, 9.17) is 5.02 Å². The van der Waals surface area contributed by atoms with Gasteiger partial charge in [0.15, 0.2) is 0 Å². The van der Waals surface area contributed by atoms with E-state index in [-0.39, 0.29) is 11.8 Å². The fraction of sp³-hybridized carbons (Fsp3) is 0.800. The largest absolute Gasteiger partial charge is 0.534 e. The van der Waals surface area contributed by atoms with Crippen molar-refractivity contribution in [3.05, 3.63) is 12.3 Å². The summed E-state index contributed by atoms with van der Waals surface area (Å²) in [5.41, 5.74) is -5.44. The molecule has 0 bridgehead atoms. The lowest BCUT2D eigenvalue weighted by Crippen LogP contribution is -2.42. The second-order valence-corrected chi connectivity index (χ2v) is 6.38. The zero-order valence-corrected chi connectivity index (χ0v) is 11.8. The van der Waals surface area contributed by atoms with Crippen LogP contribution in [-0.2, 0) is 14.3 Å². The highest BCUT2D eigenvalue weighted by atomic mass is 32.2. The van der Waals surface area contributed by atoms with Gasteiger partial charge in [0.05, 0.1) is 0 Å². The Balaban J connectivity index is 2.52. The second-order valence-electron chi connectivity index (χ2n) is 4.84. The Kier molecular flexibility index (Phi) is 5.50. The predicted octanol–water partition coefficient (Wildman–Crippen LogP) is 1.62. The molecule has 1 aliphatic carbocycles. The van der Waals surface area contributed by atoms with Crippen LogP contribution in [0.25, 0.3) is 0 Å². The minimum Gasteiger partial charge on any atom is -0.437 e. The van der Waals surface area contributed by atoms with Gasteiger partial charge in [-0.05, 0) is 38.5 Å². The summed E-state index contributed by atoms with van der Waals surface area (Å²) in [6.07, 6.45) is 2.11. The second kappa shape index (κ2) is 6.36. The van der Waals surface area contributed by atoms with Crippen LogP contribution in [0.4, 0.5) is 13.2 Å². The molecule has 0 spiro atoms. The van der Waals surface area contributed by atoms with Gasteiger partial charge < -0.3 is 14.4 Å². The van der Waals surface area contributed by atoms with Crippen molar-refractivity contribution in [2.45, 2.75) is 44.1 Å². The van der Waals surface area contributed by atoms with Crippen LogP contribution in [0, 0.1) is 5.92 Å². The monoisotopic (exact) mass is 315 g/mol. The first-order valence-electron chi connectivity index (χ1n) is 6.16. The molecule has 0 unspecified atom stereocenters. The van der Waals surface area contributed by atoms with Crippen LogP contribution in [0.15, 0.2) is 12.3 Å². The first kappa shape index (κ1) is 17.3. The maximum Gasteiger partial charge on any atom is 0.534 e. The normalized spacial score (nSPS) is 24.2. The van der Waals surface area contributed by atoms with Crippen molar-refractivity contribution < 1.29 is 30.8 Å². The number of allylic oxidation sites excluding steroid dienone is 1. The minimum atomic E-state index is -5.63. The molecule has 2 N–H and O–H groups in total. The van der Waals surface area contributed by atoms with E-state index in [2.05, 4.69) is 16.0 Å². The van der Waals surface area contributed by atoms with Crippen molar-refractivity contribution >= 4 is 17.2 Å². The van der Waals surface area contributed by atoms with Crippen LogP contribution in [0.3, 0.4) is 0 Å². The molecule has 1 saturated carbocycles. The Labute approximate surface area is 116 Å². The fourth-order valence-electron chi connectivity index (χ4n) is 2.18. The van der Waals surface area contributed by atoms with E-state index in [0.29, 0.717) is 25.7 Å². The molecular formula is C10H17BF3NO4S. The average molecular weight is 315 g/mol. The lowest BCUT2D eigenvalue weighted by molar-refractivity contribution is -0.0528. The lowest BCUT2D eigenvalue weighted by Gasteiger charge is -2.30. The Hall–Kier alpha value is -0.735. The molecule has 5 nitrogen and oxygen atoms in total. The maximum atomic E-state index is 12.2. The molecule has 0 aliphatic heterocycles. The third-order valence-electron chi connectivity index (χ3n) is 3.16. The Bertz CT molecular complexity index is 444. The minimum absolute atomic E-state index is 0.0540. The smallest absolute Gasteiger partial charge is 0.437 e. The molecule has 1 aliphatic rings. The summed E-state index contributed by atoms with van der Waals surface area (Å²) in [5.74, 6) is -0.808. The highest BCUT2D eigenvalue weighted by Crippen LogP contribution is 2.33. The summed E-state index contributed by atoms with van der Waals surface area (Å²) in [5, 5.41) is 12.1. The quantitative estimate of drug-likeness (QED) is 0.349. The molecular weight excluding hydrogens is 298 g/mol. The van der Waals surface area contributed by atoms with E-state index < -0.39 is 28.6 Å². The fourth-order valence-corrected chi connectivity index (χ4v) is 2.69. The topological polar surface area (TPSA) is 75.6 Å². The molecule has 0 radical (unpaired) electrons. The van der Waals surface area contributed by atoms with E-state index in [9.17, 15) is 21.6 Å². The number of rotatable bonds is 5. The SMILES string of the molecule is C=C(OS(=O)(=O)C(F)(F)F)C1CCC(NB(C)O)CC1. The van der Waals surface area contributed by atoms with Crippen LogP contribution in [-0.4, -0.2) is 32.0 Å². The van der Waals surface area contributed by atoms with Gasteiger partial charge in [-0.25, -0.2) is 0 Å². The maximum absolute atomic E-state index is 12.2. The third kappa shape index (κ3) is 4.67. The molecule has 1 fully saturated rings. The predicted molar refractivity (Wildman–Crippen MR) is 67.9 cm³/mol. The van der Waals surface area contributed by atoms with Crippen molar-refractivity contribution in [3.8, 4) is 0 Å². The zero-order valence-electron chi connectivity index (χ0n) is 11.0. The number of nitrogens with one attached hydrogen (secondary N) is 1. The summed E-state index contributed by atoms with van der Waals surface area (Å²) in [6, 6.07) is 0.0540. The summed E-state index contributed by atoms with van der Waals surface area (Å²) in [7, 11) is -6.30. The van der Waals surface area contributed by atoms with E-state index in [0.717, 1.165) is 0 Å².